The lowest BCUT2D eigenvalue weighted by atomic mass is 10.2. The highest BCUT2D eigenvalue weighted by molar-refractivity contribution is 7.12. The van der Waals surface area contributed by atoms with Crippen molar-refractivity contribution in [2.45, 2.75) is 52.2 Å². The van der Waals surface area contributed by atoms with E-state index in [1.165, 1.54) is 34.6 Å². The molecule has 0 radical (unpaired) electrons. The molecule has 1 aliphatic carbocycles. The van der Waals surface area contributed by atoms with Gasteiger partial charge in [-0.3, -0.25) is 4.79 Å². The van der Waals surface area contributed by atoms with E-state index in [1.54, 1.807) is 0 Å². The number of ether oxygens (including phenoxy) is 1. The molecule has 1 heterocycles. The van der Waals surface area contributed by atoms with Gasteiger partial charge in [-0.25, -0.2) is 0 Å². The molecule has 1 amide bonds. The minimum atomic E-state index is -0.262. The highest BCUT2D eigenvalue weighted by Crippen LogP contribution is 2.30. The van der Waals surface area contributed by atoms with Crippen LogP contribution in [0.15, 0.2) is 6.07 Å². The minimum Gasteiger partial charge on any atom is -0.366 e. The number of hydrogen-bond donors (Lipinski definition) is 1. The highest BCUT2D eigenvalue weighted by atomic mass is 32.1. The Morgan fingerprint density at radius 3 is 2.89 bits per heavy atom. The average molecular weight is 267 g/mol. The van der Waals surface area contributed by atoms with Gasteiger partial charge in [0, 0.05) is 9.75 Å². The van der Waals surface area contributed by atoms with Crippen LogP contribution >= 0.6 is 11.3 Å². The van der Waals surface area contributed by atoms with E-state index in [0.29, 0.717) is 6.54 Å². The highest BCUT2D eigenvalue weighted by Gasteiger charge is 2.16. The third-order valence-corrected chi connectivity index (χ3v) is 4.13. The van der Waals surface area contributed by atoms with Crippen LogP contribution in [0.2, 0.25) is 0 Å². The number of fused-ring (bicyclic) bond motifs is 1. The number of carbonyl (C=O) groups excluding carboxylic acids is 1. The number of thiophene rings is 1. The number of amides is 1. The largest absolute Gasteiger partial charge is 0.366 e. The number of nitrogens with one attached hydrogen (secondary N) is 1. The van der Waals surface area contributed by atoms with Crippen LogP contribution in [0.5, 0.6) is 0 Å². The molecule has 1 aromatic rings. The molecule has 4 heteroatoms. The molecule has 0 aliphatic heterocycles. The number of rotatable bonds is 4. The summed E-state index contributed by atoms with van der Waals surface area (Å²) in [5, 5.41) is 2.91. The molecule has 100 valence electrons. The van der Waals surface area contributed by atoms with Crippen molar-refractivity contribution in [3.8, 4) is 0 Å². The lowest BCUT2D eigenvalue weighted by molar-refractivity contribution is -0.130. The summed E-state index contributed by atoms with van der Waals surface area (Å²) in [6, 6.07) is 2.23. The molecule has 1 aliphatic rings. The standard InChI is InChI=1S/C14H21NO2S/c1-14(2,3)17-9-13(16)15-8-11-7-10-5-4-6-12(10)18-11/h7H,4-6,8-9H2,1-3H3,(H,15,16). The van der Waals surface area contributed by atoms with Crippen LogP contribution in [0.4, 0.5) is 0 Å². The topological polar surface area (TPSA) is 38.3 Å². The van der Waals surface area contributed by atoms with Gasteiger partial charge in [-0.1, -0.05) is 0 Å². The van der Waals surface area contributed by atoms with Gasteiger partial charge in [-0.2, -0.15) is 0 Å². The van der Waals surface area contributed by atoms with E-state index in [0.717, 1.165) is 0 Å². The van der Waals surface area contributed by atoms with Crippen molar-refractivity contribution in [2.24, 2.45) is 0 Å². The second-order valence-corrected chi connectivity index (χ2v) is 6.91. The zero-order valence-corrected chi connectivity index (χ0v) is 12.2. The van der Waals surface area contributed by atoms with E-state index < -0.39 is 0 Å². The number of aryl methyl sites for hydroxylation is 2. The molecule has 0 saturated carbocycles. The predicted molar refractivity (Wildman–Crippen MR) is 73.9 cm³/mol. The third kappa shape index (κ3) is 3.82. The zero-order chi connectivity index (χ0) is 13.2. The SMILES string of the molecule is CC(C)(C)OCC(=O)NCc1cc2c(s1)CCC2. The van der Waals surface area contributed by atoms with Crippen molar-refractivity contribution in [2.75, 3.05) is 6.61 Å². The molecular weight excluding hydrogens is 246 g/mol. The lowest BCUT2D eigenvalue weighted by Crippen LogP contribution is -2.31. The fourth-order valence-corrected chi connectivity index (χ4v) is 3.20. The summed E-state index contributed by atoms with van der Waals surface area (Å²) >= 11 is 1.83. The Balaban J connectivity index is 1.75. The Labute approximate surface area is 113 Å². The van der Waals surface area contributed by atoms with Crippen LogP contribution in [-0.4, -0.2) is 18.1 Å². The smallest absolute Gasteiger partial charge is 0.246 e. The Morgan fingerprint density at radius 1 is 1.44 bits per heavy atom. The monoisotopic (exact) mass is 267 g/mol. The van der Waals surface area contributed by atoms with Crippen LogP contribution in [-0.2, 0) is 28.9 Å². The van der Waals surface area contributed by atoms with Gasteiger partial charge in [-0.05, 0) is 51.7 Å². The van der Waals surface area contributed by atoms with Crippen molar-refractivity contribution in [3.63, 3.8) is 0 Å². The summed E-state index contributed by atoms with van der Waals surface area (Å²) in [7, 11) is 0. The summed E-state index contributed by atoms with van der Waals surface area (Å²) in [5.41, 5.74) is 1.22. The van der Waals surface area contributed by atoms with Gasteiger partial charge in [0.05, 0.1) is 12.1 Å². The first-order valence-corrected chi connectivity index (χ1v) is 7.27. The van der Waals surface area contributed by atoms with Crippen LogP contribution < -0.4 is 5.32 Å². The molecular formula is C14H21NO2S. The Kier molecular flexibility index (Phi) is 4.07. The maximum absolute atomic E-state index is 11.6. The average Bonchev–Trinajstić information content (AvgIpc) is 2.82. The normalized spacial score (nSPS) is 14.6. The molecule has 0 bridgehead atoms. The second kappa shape index (κ2) is 5.41. The van der Waals surface area contributed by atoms with Crippen LogP contribution in [0, 0.1) is 0 Å². The first kappa shape index (κ1) is 13.6. The first-order valence-electron chi connectivity index (χ1n) is 6.45. The lowest BCUT2D eigenvalue weighted by Gasteiger charge is -2.18. The van der Waals surface area contributed by atoms with Gasteiger partial charge >= 0.3 is 0 Å². The van der Waals surface area contributed by atoms with Crippen molar-refractivity contribution in [1.82, 2.24) is 5.32 Å². The van der Waals surface area contributed by atoms with Crippen LogP contribution in [0.3, 0.4) is 0 Å². The summed E-state index contributed by atoms with van der Waals surface area (Å²) in [6.45, 7) is 6.61. The molecule has 18 heavy (non-hydrogen) atoms. The van der Waals surface area contributed by atoms with Gasteiger partial charge in [0.1, 0.15) is 6.61 Å². The Hall–Kier alpha value is -0.870. The zero-order valence-electron chi connectivity index (χ0n) is 11.3. The predicted octanol–water partition coefficient (Wildman–Crippen LogP) is 2.67. The second-order valence-electron chi connectivity index (χ2n) is 5.69. The summed E-state index contributed by atoms with van der Waals surface area (Å²) in [5.74, 6) is -0.0431. The Bertz CT molecular complexity index is 410. The van der Waals surface area contributed by atoms with Crippen molar-refractivity contribution in [1.29, 1.82) is 0 Å². The molecule has 0 spiro atoms. The van der Waals surface area contributed by atoms with E-state index in [4.69, 9.17) is 4.74 Å². The quantitative estimate of drug-likeness (QED) is 0.911. The number of hydrogen-bond acceptors (Lipinski definition) is 3. The van der Waals surface area contributed by atoms with E-state index in [9.17, 15) is 4.79 Å². The van der Waals surface area contributed by atoms with Crippen molar-refractivity contribution in [3.05, 3.63) is 21.4 Å². The van der Waals surface area contributed by atoms with Crippen LogP contribution in [0.1, 0.15) is 42.5 Å². The van der Waals surface area contributed by atoms with Crippen molar-refractivity contribution >= 4 is 17.2 Å². The molecule has 0 atom stereocenters. The molecule has 0 aromatic carbocycles. The molecule has 1 N–H and O–H groups in total. The summed E-state index contributed by atoms with van der Waals surface area (Å²) in [4.78, 5) is 14.4. The van der Waals surface area contributed by atoms with E-state index >= 15 is 0 Å². The van der Waals surface area contributed by atoms with Gasteiger partial charge < -0.3 is 10.1 Å². The number of carbonyl (C=O) groups is 1. The molecule has 2 rings (SSSR count). The summed E-state index contributed by atoms with van der Waals surface area (Å²) < 4.78 is 5.43. The van der Waals surface area contributed by atoms with Gasteiger partial charge in [0.25, 0.3) is 0 Å². The van der Waals surface area contributed by atoms with Gasteiger partial charge in [0.2, 0.25) is 5.91 Å². The van der Waals surface area contributed by atoms with Crippen molar-refractivity contribution < 1.29 is 9.53 Å². The fourth-order valence-electron chi connectivity index (χ4n) is 2.00. The molecule has 3 nitrogen and oxygen atoms in total. The van der Waals surface area contributed by atoms with Gasteiger partial charge in [-0.15, -0.1) is 11.3 Å². The fraction of sp³-hybridized carbons (Fsp3) is 0.643. The molecule has 0 fully saturated rings. The van der Waals surface area contributed by atoms with Crippen LogP contribution in [0.25, 0.3) is 0 Å². The maximum Gasteiger partial charge on any atom is 0.246 e. The molecule has 0 saturated heterocycles. The first-order chi connectivity index (χ1) is 8.44. The molecule has 1 aromatic heterocycles. The van der Waals surface area contributed by atoms with E-state index in [2.05, 4.69) is 11.4 Å². The maximum atomic E-state index is 11.6. The third-order valence-electron chi connectivity index (χ3n) is 2.89. The minimum absolute atomic E-state index is 0.0431. The summed E-state index contributed by atoms with van der Waals surface area (Å²) in [6.07, 6.45) is 3.70. The Morgan fingerprint density at radius 2 is 2.22 bits per heavy atom. The van der Waals surface area contributed by atoms with E-state index in [1.807, 2.05) is 32.1 Å². The van der Waals surface area contributed by atoms with Gasteiger partial charge in [0.15, 0.2) is 0 Å². The molecule has 0 unspecified atom stereocenters. The van der Waals surface area contributed by atoms with E-state index in [-0.39, 0.29) is 18.1 Å².